The van der Waals surface area contributed by atoms with Crippen LogP contribution >= 0.6 is 24.0 Å². The molecular formula is C15H30IN3O3. The van der Waals surface area contributed by atoms with Crippen LogP contribution in [0.3, 0.4) is 0 Å². The SMILES string of the molecule is COC[C@H](O)CN1CCN(C2(C(N)=O)CCCCC2)CC1.I. The molecule has 22 heavy (non-hydrogen) atoms. The lowest BCUT2D eigenvalue weighted by atomic mass is 9.79. The number of aliphatic hydroxyl groups excluding tert-OH is 1. The molecule has 1 heterocycles. The summed E-state index contributed by atoms with van der Waals surface area (Å²) in [6.07, 6.45) is 4.74. The summed E-state index contributed by atoms with van der Waals surface area (Å²) in [6, 6.07) is 0. The largest absolute Gasteiger partial charge is 0.389 e. The smallest absolute Gasteiger partial charge is 0.237 e. The zero-order chi connectivity index (χ0) is 15.3. The number of carbonyl (C=O) groups excluding carboxylic acids is 1. The van der Waals surface area contributed by atoms with Crippen molar-refractivity contribution in [3.63, 3.8) is 0 Å². The zero-order valence-electron chi connectivity index (χ0n) is 13.5. The lowest BCUT2D eigenvalue weighted by Gasteiger charge is -2.48. The Balaban J connectivity index is 0.00000242. The first kappa shape index (κ1) is 20.1. The van der Waals surface area contributed by atoms with Crippen molar-refractivity contribution < 1.29 is 14.6 Å². The quantitative estimate of drug-likeness (QED) is 0.601. The summed E-state index contributed by atoms with van der Waals surface area (Å²) < 4.78 is 4.96. The maximum Gasteiger partial charge on any atom is 0.237 e. The van der Waals surface area contributed by atoms with Crippen LogP contribution in [-0.2, 0) is 9.53 Å². The lowest BCUT2D eigenvalue weighted by molar-refractivity contribution is -0.134. The van der Waals surface area contributed by atoms with Gasteiger partial charge in [0, 0.05) is 39.8 Å². The number of nitrogens with zero attached hydrogens (tertiary/aromatic N) is 2. The van der Waals surface area contributed by atoms with Crippen LogP contribution < -0.4 is 5.73 Å². The van der Waals surface area contributed by atoms with Crippen LogP contribution in [0, 0.1) is 0 Å². The minimum atomic E-state index is -0.443. The fraction of sp³-hybridized carbons (Fsp3) is 0.933. The first-order chi connectivity index (χ1) is 10.1. The minimum Gasteiger partial charge on any atom is -0.389 e. The number of halogens is 1. The van der Waals surface area contributed by atoms with E-state index in [1.165, 1.54) is 6.42 Å². The van der Waals surface area contributed by atoms with E-state index in [1.54, 1.807) is 7.11 Å². The van der Waals surface area contributed by atoms with Crippen LogP contribution in [0.4, 0.5) is 0 Å². The second-order valence-corrected chi connectivity index (χ2v) is 6.35. The van der Waals surface area contributed by atoms with E-state index in [1.807, 2.05) is 0 Å². The number of carbonyl (C=O) groups is 1. The van der Waals surface area contributed by atoms with E-state index in [9.17, 15) is 9.90 Å². The van der Waals surface area contributed by atoms with Crippen molar-refractivity contribution in [3.05, 3.63) is 0 Å². The molecule has 1 saturated heterocycles. The molecule has 0 bridgehead atoms. The molecule has 1 amide bonds. The predicted octanol–water partition coefficient (Wildman–Crippen LogP) is 0.418. The fourth-order valence-corrected chi connectivity index (χ4v) is 3.76. The molecule has 0 aromatic rings. The van der Waals surface area contributed by atoms with E-state index < -0.39 is 11.6 Å². The average molecular weight is 427 g/mol. The number of β-amino-alcohol motifs (C(OH)–C–C–N with tert-alkyl or cyclic N) is 1. The van der Waals surface area contributed by atoms with Crippen LogP contribution in [-0.4, -0.2) is 78.9 Å². The van der Waals surface area contributed by atoms with Crippen molar-refractivity contribution in [2.24, 2.45) is 5.73 Å². The lowest BCUT2D eigenvalue weighted by Crippen LogP contribution is -2.63. The van der Waals surface area contributed by atoms with Crippen molar-refractivity contribution in [1.29, 1.82) is 0 Å². The molecule has 1 aliphatic heterocycles. The van der Waals surface area contributed by atoms with Gasteiger partial charge in [0.2, 0.25) is 5.91 Å². The summed E-state index contributed by atoms with van der Waals surface area (Å²) in [5.41, 5.74) is 5.32. The van der Waals surface area contributed by atoms with E-state index in [0.717, 1.165) is 51.9 Å². The van der Waals surface area contributed by atoms with E-state index >= 15 is 0 Å². The third-order valence-electron chi connectivity index (χ3n) is 4.94. The Labute approximate surface area is 150 Å². The van der Waals surface area contributed by atoms with Crippen molar-refractivity contribution in [2.45, 2.75) is 43.7 Å². The number of amides is 1. The number of primary amides is 1. The molecule has 1 aliphatic carbocycles. The Bertz CT molecular complexity index is 343. The Kier molecular flexibility index (Phi) is 8.55. The predicted molar refractivity (Wildman–Crippen MR) is 96.3 cm³/mol. The minimum absolute atomic E-state index is 0. The Morgan fingerprint density at radius 1 is 1.23 bits per heavy atom. The second-order valence-electron chi connectivity index (χ2n) is 6.35. The number of aliphatic hydroxyl groups is 1. The highest BCUT2D eigenvalue weighted by molar-refractivity contribution is 14.0. The highest BCUT2D eigenvalue weighted by atomic mass is 127. The van der Waals surface area contributed by atoms with Gasteiger partial charge in [-0.2, -0.15) is 0 Å². The summed E-state index contributed by atoms with van der Waals surface area (Å²) >= 11 is 0. The Morgan fingerprint density at radius 2 is 1.82 bits per heavy atom. The molecule has 2 aliphatic rings. The number of hydrogen-bond donors (Lipinski definition) is 2. The number of methoxy groups -OCH3 is 1. The fourth-order valence-electron chi connectivity index (χ4n) is 3.76. The molecule has 0 aromatic heterocycles. The molecule has 130 valence electrons. The van der Waals surface area contributed by atoms with E-state index in [-0.39, 0.29) is 29.9 Å². The molecule has 2 fully saturated rings. The summed E-state index contributed by atoms with van der Waals surface area (Å²) in [5, 5.41) is 9.80. The molecule has 0 aromatic carbocycles. The number of rotatable bonds is 6. The standard InChI is InChI=1S/C15H29N3O3.HI/c1-21-12-13(19)11-17-7-9-18(10-8-17)15(14(16)20)5-3-2-4-6-15;/h13,19H,2-12H2,1H3,(H2,16,20);1H/t13-;/m1./s1. The normalized spacial score (nSPS) is 24.5. The van der Waals surface area contributed by atoms with Crippen LogP contribution in [0.5, 0.6) is 0 Å². The molecule has 3 N–H and O–H groups in total. The third-order valence-corrected chi connectivity index (χ3v) is 4.94. The second kappa shape index (κ2) is 9.36. The highest BCUT2D eigenvalue weighted by Gasteiger charge is 2.44. The molecule has 1 atom stereocenters. The summed E-state index contributed by atoms with van der Waals surface area (Å²) in [4.78, 5) is 16.5. The maximum atomic E-state index is 12.0. The first-order valence-corrected chi connectivity index (χ1v) is 8.03. The molecule has 0 spiro atoms. The summed E-state index contributed by atoms with van der Waals surface area (Å²) in [7, 11) is 1.60. The first-order valence-electron chi connectivity index (χ1n) is 8.03. The number of piperazine rings is 1. The van der Waals surface area contributed by atoms with Crippen molar-refractivity contribution in [3.8, 4) is 0 Å². The molecular weight excluding hydrogens is 397 g/mol. The van der Waals surface area contributed by atoms with E-state index in [4.69, 9.17) is 10.5 Å². The van der Waals surface area contributed by atoms with E-state index in [0.29, 0.717) is 13.2 Å². The van der Waals surface area contributed by atoms with Gasteiger partial charge < -0.3 is 15.6 Å². The summed E-state index contributed by atoms with van der Waals surface area (Å²) in [6.45, 7) is 4.44. The molecule has 6 nitrogen and oxygen atoms in total. The number of ether oxygens (including phenoxy) is 1. The average Bonchev–Trinajstić information content (AvgIpc) is 2.48. The van der Waals surface area contributed by atoms with Crippen LogP contribution in [0.1, 0.15) is 32.1 Å². The molecule has 1 saturated carbocycles. The zero-order valence-corrected chi connectivity index (χ0v) is 15.8. The third kappa shape index (κ3) is 4.77. The van der Waals surface area contributed by atoms with Crippen molar-refractivity contribution >= 4 is 29.9 Å². The number of nitrogens with two attached hydrogens (primary N) is 1. The Morgan fingerprint density at radius 3 is 2.32 bits per heavy atom. The van der Waals surface area contributed by atoms with Gasteiger partial charge >= 0.3 is 0 Å². The van der Waals surface area contributed by atoms with Gasteiger partial charge in [-0.3, -0.25) is 14.6 Å². The molecule has 0 unspecified atom stereocenters. The van der Waals surface area contributed by atoms with Crippen molar-refractivity contribution in [1.82, 2.24) is 9.80 Å². The molecule has 7 heteroatoms. The van der Waals surface area contributed by atoms with Gasteiger partial charge in [-0.15, -0.1) is 24.0 Å². The van der Waals surface area contributed by atoms with Gasteiger partial charge in [-0.05, 0) is 12.8 Å². The van der Waals surface area contributed by atoms with E-state index in [2.05, 4.69) is 9.80 Å². The van der Waals surface area contributed by atoms with Gasteiger partial charge in [0.1, 0.15) is 5.54 Å². The van der Waals surface area contributed by atoms with Gasteiger partial charge in [-0.25, -0.2) is 0 Å². The van der Waals surface area contributed by atoms with Gasteiger partial charge in [0.15, 0.2) is 0 Å². The van der Waals surface area contributed by atoms with Crippen LogP contribution in [0.15, 0.2) is 0 Å². The van der Waals surface area contributed by atoms with Gasteiger partial charge in [-0.1, -0.05) is 19.3 Å². The van der Waals surface area contributed by atoms with Gasteiger partial charge in [0.25, 0.3) is 0 Å². The van der Waals surface area contributed by atoms with Crippen LogP contribution in [0.25, 0.3) is 0 Å². The van der Waals surface area contributed by atoms with Gasteiger partial charge in [0.05, 0.1) is 12.7 Å². The monoisotopic (exact) mass is 427 g/mol. The van der Waals surface area contributed by atoms with Crippen molar-refractivity contribution in [2.75, 3.05) is 46.4 Å². The number of hydrogen-bond acceptors (Lipinski definition) is 5. The van der Waals surface area contributed by atoms with Crippen LogP contribution in [0.2, 0.25) is 0 Å². The maximum absolute atomic E-state index is 12.0. The molecule has 2 rings (SSSR count). The topological polar surface area (TPSA) is 79.0 Å². The highest BCUT2D eigenvalue weighted by Crippen LogP contribution is 2.34. The Hall–Kier alpha value is 0.0400. The summed E-state index contributed by atoms with van der Waals surface area (Å²) in [5.74, 6) is -0.157. The molecule has 0 radical (unpaired) electrons.